The number of fused-ring (bicyclic) bond motifs is 1. The number of halogens is 2. The molecule has 1 aliphatic heterocycles. The first-order valence-electron chi connectivity index (χ1n) is 8.90. The maximum absolute atomic E-state index is 13.1. The summed E-state index contributed by atoms with van der Waals surface area (Å²) in [5.74, 6) is -0.841. The van der Waals surface area contributed by atoms with Crippen molar-refractivity contribution in [1.82, 2.24) is 14.8 Å². The SMILES string of the molecule is CC(=O)Nc1cccc(-n2cnnc2SCC(=O)Nc2ccc3c(c2)OC(F)(F)O3)c1. The van der Waals surface area contributed by atoms with Crippen LogP contribution in [0.15, 0.2) is 53.9 Å². The van der Waals surface area contributed by atoms with E-state index in [2.05, 4.69) is 30.3 Å². The van der Waals surface area contributed by atoms with Gasteiger partial charge in [-0.2, -0.15) is 0 Å². The van der Waals surface area contributed by atoms with Crippen molar-refractivity contribution in [2.75, 3.05) is 16.4 Å². The van der Waals surface area contributed by atoms with Crippen molar-refractivity contribution in [3.63, 3.8) is 0 Å². The number of nitrogens with zero attached hydrogens (tertiary/aromatic N) is 3. The van der Waals surface area contributed by atoms with Gasteiger partial charge in [-0.15, -0.1) is 19.0 Å². The van der Waals surface area contributed by atoms with E-state index in [-0.39, 0.29) is 34.8 Å². The highest BCUT2D eigenvalue weighted by Crippen LogP contribution is 2.42. The Balaban J connectivity index is 1.39. The van der Waals surface area contributed by atoms with Crippen LogP contribution in [0.3, 0.4) is 0 Å². The molecule has 2 N–H and O–H groups in total. The van der Waals surface area contributed by atoms with E-state index in [4.69, 9.17) is 0 Å². The Labute approximate surface area is 178 Å². The maximum Gasteiger partial charge on any atom is 0.586 e. The van der Waals surface area contributed by atoms with Gasteiger partial charge in [0.1, 0.15) is 6.33 Å². The van der Waals surface area contributed by atoms with E-state index in [1.54, 1.807) is 28.8 Å². The van der Waals surface area contributed by atoms with Crippen LogP contribution in [0.25, 0.3) is 5.69 Å². The molecule has 2 amide bonds. The molecule has 31 heavy (non-hydrogen) atoms. The lowest BCUT2D eigenvalue weighted by Gasteiger charge is -2.09. The monoisotopic (exact) mass is 447 g/mol. The van der Waals surface area contributed by atoms with Gasteiger partial charge in [-0.05, 0) is 30.3 Å². The number of ether oxygens (including phenoxy) is 2. The lowest BCUT2D eigenvalue weighted by atomic mass is 10.2. The zero-order chi connectivity index (χ0) is 22.0. The molecule has 160 valence electrons. The van der Waals surface area contributed by atoms with Crippen molar-refractivity contribution in [3.05, 3.63) is 48.8 Å². The molecule has 0 saturated heterocycles. The Morgan fingerprint density at radius 3 is 2.68 bits per heavy atom. The lowest BCUT2D eigenvalue weighted by Crippen LogP contribution is -2.25. The summed E-state index contributed by atoms with van der Waals surface area (Å²) in [6.07, 6.45) is -2.23. The van der Waals surface area contributed by atoms with Crippen molar-refractivity contribution in [2.45, 2.75) is 18.4 Å². The lowest BCUT2D eigenvalue weighted by molar-refractivity contribution is -0.286. The number of benzene rings is 2. The van der Waals surface area contributed by atoms with E-state index < -0.39 is 6.29 Å². The van der Waals surface area contributed by atoms with E-state index >= 15 is 0 Å². The Morgan fingerprint density at radius 1 is 1.10 bits per heavy atom. The van der Waals surface area contributed by atoms with Crippen molar-refractivity contribution in [2.24, 2.45) is 0 Å². The average molecular weight is 447 g/mol. The van der Waals surface area contributed by atoms with Gasteiger partial charge in [0, 0.05) is 24.4 Å². The van der Waals surface area contributed by atoms with Crippen LogP contribution in [0, 0.1) is 0 Å². The fourth-order valence-electron chi connectivity index (χ4n) is 2.79. The highest BCUT2D eigenvalue weighted by Gasteiger charge is 2.43. The number of aromatic nitrogens is 3. The third-order valence-corrected chi connectivity index (χ3v) is 4.92. The number of rotatable bonds is 6. The molecule has 2 aromatic carbocycles. The molecule has 0 fully saturated rings. The smallest absolute Gasteiger partial charge is 0.395 e. The van der Waals surface area contributed by atoms with Crippen LogP contribution < -0.4 is 20.1 Å². The van der Waals surface area contributed by atoms with Gasteiger partial charge in [-0.3, -0.25) is 14.2 Å². The molecule has 0 unspecified atom stereocenters. The summed E-state index contributed by atoms with van der Waals surface area (Å²) in [6.45, 7) is 1.41. The number of hydrogen-bond acceptors (Lipinski definition) is 7. The van der Waals surface area contributed by atoms with E-state index in [0.717, 1.165) is 11.8 Å². The molecule has 0 radical (unpaired) electrons. The fourth-order valence-corrected chi connectivity index (χ4v) is 3.52. The molecule has 9 nitrogen and oxygen atoms in total. The molecule has 0 atom stereocenters. The second kappa shape index (κ2) is 8.22. The van der Waals surface area contributed by atoms with Crippen LogP contribution in [0.5, 0.6) is 11.5 Å². The van der Waals surface area contributed by atoms with Crippen LogP contribution >= 0.6 is 11.8 Å². The summed E-state index contributed by atoms with van der Waals surface area (Å²) >= 11 is 1.13. The highest BCUT2D eigenvalue weighted by molar-refractivity contribution is 7.99. The maximum atomic E-state index is 13.1. The van der Waals surface area contributed by atoms with Crippen LogP contribution in [0.4, 0.5) is 20.2 Å². The summed E-state index contributed by atoms with van der Waals surface area (Å²) in [5.41, 5.74) is 1.60. The normalized spacial score (nSPS) is 13.6. The Hall–Kier alpha value is -3.67. The van der Waals surface area contributed by atoms with Crippen LogP contribution in [-0.4, -0.2) is 38.6 Å². The van der Waals surface area contributed by atoms with Gasteiger partial charge < -0.3 is 20.1 Å². The summed E-state index contributed by atoms with van der Waals surface area (Å²) in [4.78, 5) is 23.6. The number of hydrogen-bond donors (Lipinski definition) is 2. The number of alkyl halides is 2. The number of thioether (sulfide) groups is 1. The van der Waals surface area contributed by atoms with Crippen molar-refractivity contribution in [1.29, 1.82) is 0 Å². The number of amides is 2. The van der Waals surface area contributed by atoms with Gasteiger partial charge in [-0.25, -0.2) is 0 Å². The topological polar surface area (TPSA) is 107 Å². The largest absolute Gasteiger partial charge is 0.586 e. The fraction of sp³-hybridized carbons (Fsp3) is 0.158. The van der Waals surface area contributed by atoms with Crippen LogP contribution in [0.1, 0.15) is 6.92 Å². The Morgan fingerprint density at radius 2 is 1.87 bits per heavy atom. The van der Waals surface area contributed by atoms with Gasteiger partial charge in [0.05, 0.1) is 11.4 Å². The zero-order valence-electron chi connectivity index (χ0n) is 16.0. The summed E-state index contributed by atoms with van der Waals surface area (Å²) in [5, 5.41) is 13.7. The molecule has 0 bridgehead atoms. The second-order valence-electron chi connectivity index (χ2n) is 6.38. The van der Waals surface area contributed by atoms with E-state index in [1.807, 2.05) is 0 Å². The van der Waals surface area contributed by atoms with Crippen molar-refractivity contribution in [3.8, 4) is 17.2 Å². The summed E-state index contributed by atoms with van der Waals surface area (Å²) in [6, 6.07) is 11.1. The minimum Gasteiger partial charge on any atom is -0.395 e. The van der Waals surface area contributed by atoms with Crippen molar-refractivity contribution >= 4 is 35.0 Å². The minimum absolute atomic E-state index is 0.00528. The Kier molecular flexibility index (Phi) is 5.46. The van der Waals surface area contributed by atoms with Gasteiger partial charge in [0.15, 0.2) is 16.7 Å². The molecule has 1 aliphatic rings. The molecule has 2 heterocycles. The quantitative estimate of drug-likeness (QED) is 0.559. The number of carbonyl (C=O) groups is 2. The van der Waals surface area contributed by atoms with E-state index in [0.29, 0.717) is 16.5 Å². The van der Waals surface area contributed by atoms with E-state index in [9.17, 15) is 18.4 Å². The van der Waals surface area contributed by atoms with Gasteiger partial charge >= 0.3 is 6.29 Å². The van der Waals surface area contributed by atoms with Crippen LogP contribution in [-0.2, 0) is 9.59 Å². The third-order valence-electron chi connectivity index (χ3n) is 3.98. The molecule has 3 aromatic rings. The molecular weight excluding hydrogens is 432 g/mol. The highest BCUT2D eigenvalue weighted by atomic mass is 32.2. The molecule has 0 aliphatic carbocycles. The van der Waals surface area contributed by atoms with Crippen LogP contribution in [0.2, 0.25) is 0 Å². The van der Waals surface area contributed by atoms with Gasteiger partial charge in [0.25, 0.3) is 0 Å². The number of nitrogens with one attached hydrogen (secondary N) is 2. The van der Waals surface area contributed by atoms with Gasteiger partial charge in [-0.1, -0.05) is 17.8 Å². The second-order valence-corrected chi connectivity index (χ2v) is 7.32. The third kappa shape index (κ3) is 4.91. The predicted octanol–water partition coefficient (Wildman–Crippen LogP) is 3.28. The molecule has 1 aromatic heterocycles. The molecule has 0 saturated carbocycles. The molecule has 0 spiro atoms. The van der Waals surface area contributed by atoms with E-state index in [1.165, 1.54) is 31.5 Å². The molecule has 12 heteroatoms. The standard InChI is InChI=1S/C19H15F2N5O4S/c1-11(27)23-12-3-2-4-14(7-12)26-10-22-25-18(26)31-9-17(28)24-13-5-6-15-16(8-13)30-19(20,21)29-15/h2-8,10H,9H2,1H3,(H,23,27)(H,24,28). The molecular formula is C19H15F2N5O4S. The average Bonchev–Trinajstić information content (AvgIpc) is 3.28. The minimum atomic E-state index is -3.72. The summed E-state index contributed by atoms with van der Waals surface area (Å²) < 4.78 is 36.6. The van der Waals surface area contributed by atoms with Crippen molar-refractivity contribution < 1.29 is 27.8 Å². The first-order valence-corrected chi connectivity index (χ1v) is 9.88. The first-order chi connectivity index (χ1) is 14.8. The summed E-state index contributed by atoms with van der Waals surface area (Å²) in [7, 11) is 0. The number of carbonyl (C=O) groups excluding carboxylic acids is 2. The Bertz CT molecular complexity index is 1150. The zero-order valence-corrected chi connectivity index (χ0v) is 16.8. The number of anilines is 2. The first kappa shape index (κ1) is 20.6. The predicted molar refractivity (Wildman–Crippen MR) is 108 cm³/mol. The van der Waals surface area contributed by atoms with Gasteiger partial charge in [0.2, 0.25) is 11.8 Å². The molecule has 4 rings (SSSR count).